The Labute approximate surface area is 212 Å². The van der Waals surface area contributed by atoms with Gasteiger partial charge in [0.15, 0.2) is 0 Å². The van der Waals surface area contributed by atoms with Crippen LogP contribution < -0.4 is 5.32 Å². The van der Waals surface area contributed by atoms with Gasteiger partial charge in [0.05, 0.1) is 23.0 Å². The van der Waals surface area contributed by atoms with Gasteiger partial charge < -0.3 is 15.2 Å². The summed E-state index contributed by atoms with van der Waals surface area (Å²) in [7, 11) is 0. The minimum absolute atomic E-state index is 0.115. The number of hydrogen-bond acceptors (Lipinski definition) is 6. The number of pyridine rings is 2. The van der Waals surface area contributed by atoms with Crippen molar-refractivity contribution in [2.75, 3.05) is 0 Å². The van der Waals surface area contributed by atoms with Gasteiger partial charge in [-0.2, -0.15) is 0 Å². The number of aryl methyl sites for hydroxylation is 1. The second kappa shape index (κ2) is 12.1. The van der Waals surface area contributed by atoms with E-state index in [0.717, 1.165) is 33.6 Å². The summed E-state index contributed by atoms with van der Waals surface area (Å²) >= 11 is 6.40. The number of carbonyl (C=O) groups is 1. The lowest BCUT2D eigenvalue weighted by Gasteiger charge is -2.24. The number of nitrogens with one attached hydrogen (secondary N) is 1. The quantitative estimate of drug-likeness (QED) is 0.425. The third-order valence-electron chi connectivity index (χ3n) is 5.37. The number of halogens is 1. The van der Waals surface area contributed by atoms with Gasteiger partial charge >= 0.3 is 6.09 Å². The molecule has 1 aromatic carbocycles. The van der Waals surface area contributed by atoms with Crippen LogP contribution in [-0.4, -0.2) is 31.7 Å². The normalized spacial score (nSPS) is 11.5. The predicted molar refractivity (Wildman–Crippen MR) is 137 cm³/mol. The van der Waals surface area contributed by atoms with E-state index >= 15 is 0 Å². The van der Waals surface area contributed by atoms with Crippen LogP contribution in [0.3, 0.4) is 0 Å². The monoisotopic (exact) mass is 496 g/mol. The van der Waals surface area contributed by atoms with Gasteiger partial charge in [-0.05, 0) is 68.1 Å². The first-order chi connectivity index (χ1) is 16.6. The molecule has 0 saturated heterocycles. The molecule has 7 nitrogen and oxygen atoms in total. The van der Waals surface area contributed by atoms with Crippen molar-refractivity contribution in [2.45, 2.75) is 66.1 Å². The highest BCUT2D eigenvalue weighted by molar-refractivity contribution is 6.31. The SMILES string of the molecule is Cc1cccnc1CN(Cc1ccc(CNC(=O)OC(C)(C)C)cc1CO)Cc1ncccc1Cl. The molecule has 0 aliphatic carbocycles. The molecule has 1 amide bonds. The van der Waals surface area contributed by atoms with Crippen molar-refractivity contribution in [2.24, 2.45) is 0 Å². The van der Waals surface area contributed by atoms with Crippen molar-refractivity contribution in [3.8, 4) is 0 Å². The summed E-state index contributed by atoms with van der Waals surface area (Å²) in [6, 6.07) is 13.4. The number of rotatable bonds is 9. The fourth-order valence-electron chi connectivity index (χ4n) is 3.63. The highest BCUT2D eigenvalue weighted by atomic mass is 35.5. The van der Waals surface area contributed by atoms with Crippen LogP contribution >= 0.6 is 11.6 Å². The van der Waals surface area contributed by atoms with Crippen molar-refractivity contribution < 1.29 is 14.6 Å². The first kappa shape index (κ1) is 26.6. The molecule has 0 saturated carbocycles. The molecule has 0 spiro atoms. The number of aromatic nitrogens is 2. The van der Waals surface area contributed by atoms with Crippen molar-refractivity contribution in [1.82, 2.24) is 20.2 Å². The van der Waals surface area contributed by atoms with Gasteiger partial charge in [-0.25, -0.2) is 4.79 Å². The fourth-order valence-corrected chi connectivity index (χ4v) is 3.81. The average molecular weight is 497 g/mol. The molecule has 3 aromatic rings. The van der Waals surface area contributed by atoms with Gasteiger partial charge in [0.1, 0.15) is 5.60 Å². The first-order valence-corrected chi connectivity index (χ1v) is 11.9. The van der Waals surface area contributed by atoms with Crippen LogP contribution in [0, 0.1) is 6.92 Å². The van der Waals surface area contributed by atoms with E-state index in [4.69, 9.17) is 16.3 Å². The van der Waals surface area contributed by atoms with E-state index in [-0.39, 0.29) is 6.61 Å². The van der Waals surface area contributed by atoms with Gasteiger partial charge in [-0.15, -0.1) is 0 Å². The topological polar surface area (TPSA) is 87.6 Å². The van der Waals surface area contributed by atoms with Crippen LogP contribution in [0.4, 0.5) is 4.79 Å². The Balaban J connectivity index is 1.78. The number of hydrogen-bond donors (Lipinski definition) is 2. The summed E-state index contributed by atoms with van der Waals surface area (Å²) in [4.78, 5) is 23.2. The molecule has 0 aliphatic heterocycles. The van der Waals surface area contributed by atoms with E-state index in [0.29, 0.717) is 31.2 Å². The number of aliphatic hydroxyl groups excluding tert-OH is 1. The first-order valence-electron chi connectivity index (χ1n) is 11.5. The lowest BCUT2D eigenvalue weighted by atomic mass is 10.0. The van der Waals surface area contributed by atoms with E-state index < -0.39 is 11.7 Å². The molecule has 186 valence electrons. The summed E-state index contributed by atoms with van der Waals surface area (Å²) in [5.74, 6) is 0. The summed E-state index contributed by atoms with van der Waals surface area (Å²) in [6.45, 7) is 9.40. The van der Waals surface area contributed by atoms with Crippen molar-refractivity contribution in [3.05, 3.63) is 93.5 Å². The van der Waals surface area contributed by atoms with Gasteiger partial charge in [0.2, 0.25) is 0 Å². The Morgan fingerprint density at radius 2 is 1.71 bits per heavy atom. The number of carbonyl (C=O) groups excluding carboxylic acids is 1. The molecule has 8 heteroatoms. The lowest BCUT2D eigenvalue weighted by molar-refractivity contribution is 0.0523. The largest absolute Gasteiger partial charge is 0.444 e. The summed E-state index contributed by atoms with van der Waals surface area (Å²) in [6.07, 6.45) is 3.05. The Bertz CT molecular complexity index is 1100. The molecular weight excluding hydrogens is 464 g/mol. The number of aliphatic hydroxyl groups is 1. The molecular formula is C27H33ClN4O3. The number of amides is 1. The zero-order valence-corrected chi connectivity index (χ0v) is 21.5. The second-order valence-electron chi connectivity index (χ2n) is 9.46. The van der Waals surface area contributed by atoms with E-state index in [2.05, 4.69) is 20.2 Å². The molecule has 0 radical (unpaired) electrons. The van der Waals surface area contributed by atoms with Crippen molar-refractivity contribution in [3.63, 3.8) is 0 Å². The summed E-state index contributed by atoms with van der Waals surface area (Å²) in [5.41, 5.74) is 4.96. The molecule has 2 heterocycles. The van der Waals surface area contributed by atoms with Crippen molar-refractivity contribution in [1.29, 1.82) is 0 Å². The minimum atomic E-state index is -0.559. The molecule has 0 fully saturated rings. The zero-order chi connectivity index (χ0) is 25.4. The van der Waals surface area contributed by atoms with Crippen molar-refractivity contribution >= 4 is 17.7 Å². The fraction of sp³-hybridized carbons (Fsp3) is 0.370. The number of nitrogens with zero attached hydrogens (tertiary/aromatic N) is 3. The molecule has 0 aliphatic rings. The summed E-state index contributed by atoms with van der Waals surface area (Å²) in [5, 5.41) is 13.5. The standard InChI is InChI=1S/C27H33ClN4O3/c1-19-7-5-11-29-24(19)16-32(17-25-23(28)8-6-12-30-25)15-21-10-9-20(13-22(21)18-33)14-31-26(34)35-27(2,3)4/h5-13,33H,14-18H2,1-4H3,(H,31,34). The molecule has 0 unspecified atom stereocenters. The van der Waals surface area contributed by atoms with E-state index in [1.165, 1.54) is 0 Å². The molecule has 0 bridgehead atoms. The lowest BCUT2D eigenvalue weighted by Crippen LogP contribution is -2.32. The van der Waals surface area contributed by atoms with Crippen LogP contribution in [0.5, 0.6) is 0 Å². The van der Waals surface area contributed by atoms with Crippen LogP contribution in [0.15, 0.2) is 54.9 Å². The van der Waals surface area contributed by atoms with Gasteiger partial charge in [0.25, 0.3) is 0 Å². The third-order valence-corrected chi connectivity index (χ3v) is 5.71. The van der Waals surface area contributed by atoms with Crippen LogP contribution in [0.1, 0.15) is 54.4 Å². The maximum absolute atomic E-state index is 12.0. The minimum Gasteiger partial charge on any atom is -0.444 e. The second-order valence-corrected chi connectivity index (χ2v) is 9.87. The Morgan fingerprint density at radius 1 is 1.03 bits per heavy atom. The average Bonchev–Trinajstić information content (AvgIpc) is 2.80. The molecule has 3 rings (SSSR count). The van der Waals surface area contributed by atoms with Gasteiger partial charge in [-0.1, -0.05) is 35.9 Å². The maximum Gasteiger partial charge on any atom is 0.407 e. The van der Waals surface area contributed by atoms with E-state index in [1.54, 1.807) is 12.4 Å². The Hall–Kier alpha value is -3.00. The van der Waals surface area contributed by atoms with E-state index in [1.807, 2.05) is 70.2 Å². The Morgan fingerprint density at radius 3 is 2.37 bits per heavy atom. The van der Waals surface area contributed by atoms with Crippen LogP contribution in [0.2, 0.25) is 5.02 Å². The molecule has 2 N–H and O–H groups in total. The molecule has 0 atom stereocenters. The van der Waals surface area contributed by atoms with Crippen LogP contribution in [0.25, 0.3) is 0 Å². The summed E-state index contributed by atoms with van der Waals surface area (Å²) < 4.78 is 5.30. The van der Waals surface area contributed by atoms with Crippen LogP contribution in [-0.2, 0) is 37.5 Å². The number of benzene rings is 1. The van der Waals surface area contributed by atoms with Gasteiger partial charge in [-0.3, -0.25) is 14.9 Å². The number of alkyl carbamates (subject to hydrolysis) is 1. The number of ether oxygens (including phenoxy) is 1. The van der Waals surface area contributed by atoms with Gasteiger partial charge in [0, 0.05) is 38.6 Å². The van der Waals surface area contributed by atoms with E-state index in [9.17, 15) is 9.90 Å². The smallest absolute Gasteiger partial charge is 0.407 e. The Kier molecular flexibility index (Phi) is 9.20. The highest BCUT2D eigenvalue weighted by Gasteiger charge is 2.17. The zero-order valence-electron chi connectivity index (χ0n) is 20.7. The predicted octanol–water partition coefficient (Wildman–Crippen LogP) is 5.16. The molecule has 35 heavy (non-hydrogen) atoms. The third kappa shape index (κ3) is 8.31. The molecule has 2 aromatic heterocycles. The highest BCUT2D eigenvalue weighted by Crippen LogP contribution is 2.21. The maximum atomic E-state index is 12.0.